The number of rotatable bonds is 6. The normalized spacial score (nSPS) is 25.4. The molecule has 0 saturated heterocycles. The monoisotopic (exact) mass is 252 g/mol. The Balaban J connectivity index is 2.28. The molecule has 2 nitrogen and oxygen atoms in total. The molecule has 0 aromatic rings. The van der Waals surface area contributed by atoms with Crippen LogP contribution in [0, 0.1) is 17.3 Å². The minimum Gasteiger partial charge on any atom is -0.316 e. The highest BCUT2D eigenvalue weighted by atomic mass is 15.1. The van der Waals surface area contributed by atoms with Gasteiger partial charge in [0.05, 0.1) is 0 Å². The summed E-state index contributed by atoms with van der Waals surface area (Å²) in [6.07, 6.45) is 5.07. The Labute approximate surface area is 114 Å². The van der Waals surface area contributed by atoms with Gasteiger partial charge in [-0.2, -0.15) is 0 Å². The molecule has 2 atom stereocenters. The highest BCUT2D eigenvalue weighted by molar-refractivity contribution is 5.06. The Morgan fingerprint density at radius 2 is 2.06 bits per heavy atom. The Bertz CT molecular complexity index is 279. The second-order valence-corrected chi connectivity index (χ2v) is 7.33. The second-order valence-electron chi connectivity index (χ2n) is 7.33. The van der Waals surface area contributed by atoms with Crippen LogP contribution in [0.5, 0.6) is 0 Å². The van der Waals surface area contributed by atoms with Crippen molar-refractivity contribution in [2.75, 3.05) is 33.7 Å². The van der Waals surface area contributed by atoms with Gasteiger partial charge in [-0.15, -0.1) is 0 Å². The van der Waals surface area contributed by atoms with Crippen LogP contribution < -0.4 is 5.32 Å². The lowest BCUT2D eigenvalue weighted by atomic mass is 9.83. The quantitative estimate of drug-likeness (QED) is 0.731. The van der Waals surface area contributed by atoms with E-state index < -0.39 is 0 Å². The molecule has 0 spiro atoms. The van der Waals surface area contributed by atoms with Gasteiger partial charge in [-0.3, -0.25) is 0 Å². The fourth-order valence-corrected chi connectivity index (χ4v) is 3.37. The zero-order valence-electron chi connectivity index (χ0n) is 13.2. The Morgan fingerprint density at radius 3 is 2.61 bits per heavy atom. The van der Waals surface area contributed by atoms with Crippen LogP contribution in [-0.4, -0.2) is 38.6 Å². The standard InChI is InChI=1S/C16H32N2/c1-13-7-14(2)9-15(8-13)10-17-11-16(3,4)12-18(5)6/h7,13,15,17H,8-12H2,1-6H3. The molecule has 0 aliphatic heterocycles. The first-order chi connectivity index (χ1) is 8.28. The summed E-state index contributed by atoms with van der Waals surface area (Å²) in [7, 11) is 4.30. The maximum absolute atomic E-state index is 3.69. The van der Waals surface area contributed by atoms with Gasteiger partial charge in [0.15, 0.2) is 0 Å². The zero-order chi connectivity index (χ0) is 13.8. The fourth-order valence-electron chi connectivity index (χ4n) is 3.37. The summed E-state index contributed by atoms with van der Waals surface area (Å²) in [6.45, 7) is 12.7. The summed E-state index contributed by atoms with van der Waals surface area (Å²) in [6, 6.07) is 0. The van der Waals surface area contributed by atoms with Gasteiger partial charge in [0, 0.05) is 13.1 Å². The van der Waals surface area contributed by atoms with Crippen molar-refractivity contribution in [1.29, 1.82) is 0 Å². The molecule has 1 aliphatic carbocycles. The van der Waals surface area contributed by atoms with Gasteiger partial charge in [-0.1, -0.05) is 32.4 Å². The van der Waals surface area contributed by atoms with Crippen LogP contribution in [0.1, 0.15) is 40.5 Å². The van der Waals surface area contributed by atoms with Crippen molar-refractivity contribution in [3.63, 3.8) is 0 Å². The highest BCUT2D eigenvalue weighted by Gasteiger charge is 2.21. The predicted octanol–water partition coefficient (Wildman–Crippen LogP) is 3.16. The van der Waals surface area contributed by atoms with Gasteiger partial charge in [0.2, 0.25) is 0 Å². The minimum absolute atomic E-state index is 0.356. The van der Waals surface area contributed by atoms with Crippen LogP contribution in [0.25, 0.3) is 0 Å². The third-order valence-corrected chi connectivity index (χ3v) is 3.67. The first-order valence-corrected chi connectivity index (χ1v) is 7.31. The largest absolute Gasteiger partial charge is 0.316 e. The fraction of sp³-hybridized carbons (Fsp3) is 0.875. The third-order valence-electron chi connectivity index (χ3n) is 3.67. The highest BCUT2D eigenvalue weighted by Crippen LogP contribution is 2.27. The lowest BCUT2D eigenvalue weighted by Crippen LogP contribution is -2.39. The molecule has 1 rings (SSSR count). The third kappa shape index (κ3) is 6.01. The molecule has 0 fully saturated rings. The summed E-state index contributed by atoms with van der Waals surface area (Å²) in [5.41, 5.74) is 1.93. The summed E-state index contributed by atoms with van der Waals surface area (Å²) in [5, 5.41) is 3.69. The molecular formula is C16H32N2. The summed E-state index contributed by atoms with van der Waals surface area (Å²) in [5.74, 6) is 1.60. The topological polar surface area (TPSA) is 15.3 Å². The van der Waals surface area contributed by atoms with E-state index in [9.17, 15) is 0 Å². The molecule has 0 aromatic carbocycles. The summed E-state index contributed by atoms with van der Waals surface area (Å²) < 4.78 is 0. The Hall–Kier alpha value is -0.340. The molecule has 0 heterocycles. The average Bonchev–Trinajstić information content (AvgIpc) is 2.12. The van der Waals surface area contributed by atoms with E-state index in [0.717, 1.165) is 24.9 Å². The molecular weight excluding hydrogens is 220 g/mol. The van der Waals surface area contributed by atoms with Crippen molar-refractivity contribution in [2.45, 2.75) is 40.5 Å². The molecule has 0 amide bonds. The van der Waals surface area contributed by atoms with Gasteiger partial charge in [-0.25, -0.2) is 0 Å². The van der Waals surface area contributed by atoms with Gasteiger partial charge >= 0.3 is 0 Å². The van der Waals surface area contributed by atoms with E-state index in [0.29, 0.717) is 5.41 Å². The maximum atomic E-state index is 3.69. The SMILES string of the molecule is CC1=CC(C)CC(CNCC(C)(C)CN(C)C)C1. The molecule has 2 heteroatoms. The minimum atomic E-state index is 0.356. The van der Waals surface area contributed by atoms with E-state index in [4.69, 9.17) is 0 Å². The van der Waals surface area contributed by atoms with Crippen molar-refractivity contribution in [3.8, 4) is 0 Å². The average molecular weight is 252 g/mol. The number of hydrogen-bond donors (Lipinski definition) is 1. The first kappa shape index (κ1) is 15.7. The number of nitrogens with zero attached hydrogens (tertiary/aromatic N) is 1. The van der Waals surface area contributed by atoms with Crippen LogP contribution in [0.3, 0.4) is 0 Å². The van der Waals surface area contributed by atoms with Crippen LogP contribution in [-0.2, 0) is 0 Å². The molecule has 2 unspecified atom stereocenters. The van der Waals surface area contributed by atoms with Gasteiger partial charge < -0.3 is 10.2 Å². The molecule has 18 heavy (non-hydrogen) atoms. The second kappa shape index (κ2) is 6.72. The first-order valence-electron chi connectivity index (χ1n) is 7.31. The van der Waals surface area contributed by atoms with Crippen LogP contribution in [0.4, 0.5) is 0 Å². The molecule has 0 saturated carbocycles. The molecule has 0 bridgehead atoms. The molecule has 106 valence electrons. The van der Waals surface area contributed by atoms with Crippen molar-refractivity contribution in [1.82, 2.24) is 10.2 Å². The van der Waals surface area contributed by atoms with E-state index >= 15 is 0 Å². The lowest BCUT2D eigenvalue weighted by Gasteiger charge is -2.31. The summed E-state index contributed by atoms with van der Waals surface area (Å²) >= 11 is 0. The van der Waals surface area contributed by atoms with Crippen LogP contribution in [0.15, 0.2) is 11.6 Å². The van der Waals surface area contributed by atoms with Crippen molar-refractivity contribution < 1.29 is 0 Å². The molecule has 0 radical (unpaired) electrons. The Kier molecular flexibility index (Phi) is 5.87. The number of nitrogens with one attached hydrogen (secondary N) is 1. The van der Waals surface area contributed by atoms with E-state index in [1.165, 1.54) is 19.4 Å². The van der Waals surface area contributed by atoms with E-state index in [1.54, 1.807) is 5.57 Å². The molecule has 0 aromatic heterocycles. The zero-order valence-corrected chi connectivity index (χ0v) is 13.2. The number of hydrogen-bond acceptors (Lipinski definition) is 2. The molecule has 1 N–H and O–H groups in total. The van der Waals surface area contributed by atoms with Gasteiger partial charge in [0.25, 0.3) is 0 Å². The molecule has 1 aliphatic rings. The van der Waals surface area contributed by atoms with Gasteiger partial charge in [0.1, 0.15) is 0 Å². The Morgan fingerprint density at radius 1 is 1.39 bits per heavy atom. The van der Waals surface area contributed by atoms with E-state index in [1.807, 2.05) is 0 Å². The van der Waals surface area contributed by atoms with Gasteiger partial charge in [-0.05, 0) is 57.7 Å². The van der Waals surface area contributed by atoms with E-state index in [2.05, 4.69) is 58.1 Å². The predicted molar refractivity (Wildman–Crippen MR) is 80.8 cm³/mol. The van der Waals surface area contributed by atoms with Crippen LogP contribution >= 0.6 is 0 Å². The smallest absolute Gasteiger partial charge is 0.00387 e. The summed E-state index contributed by atoms with van der Waals surface area (Å²) in [4.78, 5) is 2.28. The van der Waals surface area contributed by atoms with Crippen molar-refractivity contribution in [2.24, 2.45) is 17.3 Å². The number of allylic oxidation sites excluding steroid dienone is 2. The van der Waals surface area contributed by atoms with Crippen molar-refractivity contribution >= 4 is 0 Å². The van der Waals surface area contributed by atoms with Crippen LogP contribution in [0.2, 0.25) is 0 Å². The van der Waals surface area contributed by atoms with Crippen molar-refractivity contribution in [3.05, 3.63) is 11.6 Å². The maximum Gasteiger partial charge on any atom is 0.00387 e. The lowest BCUT2D eigenvalue weighted by molar-refractivity contribution is 0.226. The van der Waals surface area contributed by atoms with E-state index in [-0.39, 0.29) is 0 Å².